The van der Waals surface area contributed by atoms with Gasteiger partial charge in [0, 0.05) is 38.3 Å². The lowest BCUT2D eigenvalue weighted by Crippen LogP contribution is -2.48. The van der Waals surface area contributed by atoms with Gasteiger partial charge in [-0.1, -0.05) is 48.0 Å². The van der Waals surface area contributed by atoms with E-state index in [1.54, 1.807) is 28.6 Å². The third kappa shape index (κ3) is 6.51. The van der Waals surface area contributed by atoms with Crippen molar-refractivity contribution < 1.29 is 17.9 Å². The lowest BCUT2D eigenvalue weighted by atomic mass is 10.1. The standard InChI is InChI=1S/C28H33N3O4S/c1-22-8-13-27(23(2)20-22)35-19-14-29-28(32)25-11-9-24(10-12-25)21-30-15-17-31(18-16-30)36(33,34)26-6-4-3-5-7-26/h3-13,20H,14-19,21H2,1-2H3,(H,29,32). The second-order valence-electron chi connectivity index (χ2n) is 9.06. The minimum absolute atomic E-state index is 0.134. The fraction of sp³-hybridized carbons (Fsp3) is 0.321. The molecule has 1 saturated heterocycles. The number of nitrogens with one attached hydrogen (secondary N) is 1. The van der Waals surface area contributed by atoms with Crippen LogP contribution in [0.4, 0.5) is 0 Å². The molecule has 0 aliphatic carbocycles. The second-order valence-corrected chi connectivity index (χ2v) is 11.0. The summed E-state index contributed by atoms with van der Waals surface area (Å²) in [7, 11) is -3.45. The molecule has 36 heavy (non-hydrogen) atoms. The molecule has 1 amide bonds. The lowest BCUT2D eigenvalue weighted by Gasteiger charge is -2.34. The predicted octanol–water partition coefficient (Wildman–Crippen LogP) is 3.62. The van der Waals surface area contributed by atoms with Gasteiger partial charge in [0.25, 0.3) is 5.91 Å². The van der Waals surface area contributed by atoms with Crippen molar-refractivity contribution in [1.29, 1.82) is 0 Å². The van der Waals surface area contributed by atoms with Crippen LogP contribution in [-0.2, 0) is 16.6 Å². The first-order valence-corrected chi connectivity index (χ1v) is 13.6. The molecule has 1 aliphatic rings. The Labute approximate surface area is 213 Å². The van der Waals surface area contributed by atoms with Crippen LogP contribution < -0.4 is 10.1 Å². The molecule has 190 valence electrons. The summed E-state index contributed by atoms with van der Waals surface area (Å²) in [5, 5.41) is 2.90. The number of piperazine rings is 1. The molecule has 1 fully saturated rings. The van der Waals surface area contributed by atoms with Gasteiger partial charge in [0.2, 0.25) is 10.0 Å². The largest absolute Gasteiger partial charge is 0.491 e. The Morgan fingerprint density at radius 2 is 1.61 bits per heavy atom. The molecule has 0 radical (unpaired) electrons. The third-order valence-corrected chi connectivity index (χ3v) is 8.22. The fourth-order valence-electron chi connectivity index (χ4n) is 4.28. The van der Waals surface area contributed by atoms with E-state index in [0.717, 1.165) is 16.9 Å². The number of hydrogen-bond acceptors (Lipinski definition) is 5. The predicted molar refractivity (Wildman–Crippen MR) is 141 cm³/mol. The normalized spacial score (nSPS) is 14.9. The highest BCUT2D eigenvalue weighted by Gasteiger charge is 2.28. The van der Waals surface area contributed by atoms with Crippen LogP contribution in [0.5, 0.6) is 5.75 Å². The summed E-state index contributed by atoms with van der Waals surface area (Å²) in [6, 6.07) is 22.2. The number of carbonyl (C=O) groups excluding carboxylic acids is 1. The molecular weight excluding hydrogens is 474 g/mol. The Kier molecular flexibility index (Phi) is 8.40. The average Bonchev–Trinajstić information content (AvgIpc) is 2.89. The highest BCUT2D eigenvalue weighted by molar-refractivity contribution is 7.89. The van der Waals surface area contributed by atoms with Gasteiger partial charge in [-0.3, -0.25) is 9.69 Å². The smallest absolute Gasteiger partial charge is 0.251 e. The first-order chi connectivity index (χ1) is 17.3. The van der Waals surface area contributed by atoms with E-state index < -0.39 is 10.0 Å². The maximum atomic E-state index is 12.8. The van der Waals surface area contributed by atoms with Gasteiger partial charge in [-0.05, 0) is 55.3 Å². The number of nitrogens with zero attached hydrogens (tertiary/aromatic N) is 2. The first-order valence-electron chi connectivity index (χ1n) is 12.2. The van der Waals surface area contributed by atoms with Crippen molar-refractivity contribution in [2.75, 3.05) is 39.3 Å². The molecule has 0 atom stereocenters. The molecule has 3 aromatic rings. The van der Waals surface area contributed by atoms with Crippen LogP contribution >= 0.6 is 0 Å². The van der Waals surface area contributed by atoms with E-state index in [1.165, 1.54) is 5.56 Å². The van der Waals surface area contributed by atoms with Crippen molar-refractivity contribution in [1.82, 2.24) is 14.5 Å². The Morgan fingerprint density at radius 3 is 2.28 bits per heavy atom. The maximum Gasteiger partial charge on any atom is 0.251 e. The van der Waals surface area contributed by atoms with Crippen molar-refractivity contribution in [3.63, 3.8) is 0 Å². The van der Waals surface area contributed by atoms with Crippen molar-refractivity contribution in [3.05, 3.63) is 95.1 Å². The molecule has 1 heterocycles. The number of hydrogen-bond donors (Lipinski definition) is 1. The number of aryl methyl sites for hydroxylation is 2. The highest BCUT2D eigenvalue weighted by Crippen LogP contribution is 2.19. The molecule has 0 spiro atoms. The quantitative estimate of drug-likeness (QED) is 0.448. The monoisotopic (exact) mass is 507 g/mol. The molecule has 1 N–H and O–H groups in total. The molecule has 8 heteroatoms. The van der Waals surface area contributed by atoms with Gasteiger partial charge in [-0.25, -0.2) is 8.42 Å². The molecule has 1 aliphatic heterocycles. The summed E-state index contributed by atoms with van der Waals surface area (Å²) in [6.45, 7) is 7.83. The zero-order valence-electron chi connectivity index (χ0n) is 20.8. The van der Waals surface area contributed by atoms with Gasteiger partial charge in [0.1, 0.15) is 12.4 Å². The number of amides is 1. The molecule has 0 bridgehead atoms. The van der Waals surface area contributed by atoms with Gasteiger partial charge in [-0.2, -0.15) is 4.31 Å². The van der Waals surface area contributed by atoms with Crippen LogP contribution in [0.1, 0.15) is 27.0 Å². The summed E-state index contributed by atoms with van der Waals surface area (Å²) in [5.41, 5.74) is 3.96. The van der Waals surface area contributed by atoms with E-state index in [4.69, 9.17) is 4.74 Å². The second kappa shape index (κ2) is 11.7. The summed E-state index contributed by atoms with van der Waals surface area (Å²) in [6.07, 6.45) is 0. The van der Waals surface area contributed by atoms with E-state index >= 15 is 0 Å². The maximum absolute atomic E-state index is 12.8. The van der Waals surface area contributed by atoms with Crippen molar-refractivity contribution in [3.8, 4) is 5.75 Å². The van der Waals surface area contributed by atoms with E-state index in [9.17, 15) is 13.2 Å². The summed E-state index contributed by atoms with van der Waals surface area (Å²) >= 11 is 0. The average molecular weight is 508 g/mol. The Bertz CT molecular complexity index is 1270. The molecule has 0 aromatic heterocycles. The highest BCUT2D eigenvalue weighted by atomic mass is 32.2. The number of rotatable bonds is 9. The van der Waals surface area contributed by atoms with Crippen LogP contribution in [0.3, 0.4) is 0 Å². The fourth-order valence-corrected chi connectivity index (χ4v) is 5.72. The van der Waals surface area contributed by atoms with Crippen LogP contribution in [-0.4, -0.2) is 62.9 Å². The van der Waals surface area contributed by atoms with Crippen LogP contribution in [0.25, 0.3) is 0 Å². The van der Waals surface area contributed by atoms with Gasteiger partial charge < -0.3 is 10.1 Å². The summed E-state index contributed by atoms with van der Waals surface area (Å²) in [5.74, 6) is 0.697. The Balaban J connectivity index is 1.21. The molecule has 7 nitrogen and oxygen atoms in total. The molecule has 3 aromatic carbocycles. The minimum Gasteiger partial charge on any atom is -0.491 e. The minimum atomic E-state index is -3.45. The van der Waals surface area contributed by atoms with Crippen molar-refractivity contribution >= 4 is 15.9 Å². The zero-order chi connectivity index (χ0) is 25.5. The Morgan fingerprint density at radius 1 is 0.917 bits per heavy atom. The van der Waals surface area contributed by atoms with Gasteiger partial charge >= 0.3 is 0 Å². The number of benzene rings is 3. The molecule has 4 rings (SSSR count). The molecule has 0 saturated carbocycles. The summed E-state index contributed by atoms with van der Waals surface area (Å²) in [4.78, 5) is 15.0. The molecular formula is C28H33N3O4S. The van der Waals surface area contributed by atoms with Crippen LogP contribution in [0.15, 0.2) is 77.7 Å². The summed E-state index contributed by atoms with van der Waals surface area (Å²) < 4.78 is 32.9. The SMILES string of the molecule is Cc1ccc(OCCNC(=O)c2ccc(CN3CCN(S(=O)(=O)c4ccccc4)CC3)cc2)c(C)c1. The van der Waals surface area contributed by atoms with Crippen molar-refractivity contribution in [2.24, 2.45) is 0 Å². The topological polar surface area (TPSA) is 79.0 Å². The first kappa shape index (κ1) is 25.9. The number of ether oxygens (including phenoxy) is 1. The van der Waals surface area contributed by atoms with E-state index in [2.05, 4.69) is 16.3 Å². The van der Waals surface area contributed by atoms with Gasteiger partial charge in [0.15, 0.2) is 0 Å². The van der Waals surface area contributed by atoms with E-state index in [-0.39, 0.29) is 5.91 Å². The van der Waals surface area contributed by atoms with Gasteiger partial charge in [-0.15, -0.1) is 0 Å². The Hall–Kier alpha value is -3.20. The third-order valence-electron chi connectivity index (χ3n) is 6.31. The van der Waals surface area contributed by atoms with Crippen molar-refractivity contribution in [2.45, 2.75) is 25.3 Å². The lowest BCUT2D eigenvalue weighted by molar-refractivity contribution is 0.0947. The van der Waals surface area contributed by atoms with E-state index in [1.807, 2.05) is 56.3 Å². The number of sulfonamides is 1. The van der Waals surface area contributed by atoms with Crippen LogP contribution in [0.2, 0.25) is 0 Å². The van der Waals surface area contributed by atoms with E-state index in [0.29, 0.717) is 56.3 Å². The zero-order valence-corrected chi connectivity index (χ0v) is 21.6. The number of carbonyl (C=O) groups is 1. The van der Waals surface area contributed by atoms with Gasteiger partial charge in [0.05, 0.1) is 11.4 Å². The molecule has 0 unspecified atom stereocenters. The van der Waals surface area contributed by atoms with Crippen LogP contribution in [0, 0.1) is 13.8 Å².